The highest BCUT2D eigenvalue weighted by molar-refractivity contribution is 5.23. The van der Waals surface area contributed by atoms with E-state index in [9.17, 15) is 61.3 Å². The van der Waals surface area contributed by atoms with Gasteiger partial charge < -0.3 is 85.7 Å². The van der Waals surface area contributed by atoms with Crippen molar-refractivity contribution in [1.29, 1.82) is 0 Å². The fraction of sp³-hybridized carbons (Fsp3) is 0.944. The van der Waals surface area contributed by atoms with E-state index in [1.54, 1.807) is 0 Å². The fourth-order valence-corrected chi connectivity index (χ4v) is 23.7. The minimum absolute atomic E-state index is 0. The van der Waals surface area contributed by atoms with Crippen molar-refractivity contribution >= 4 is 0 Å². The number of hydrogen-bond donors (Lipinski definition) is 12. The van der Waals surface area contributed by atoms with Crippen molar-refractivity contribution in [2.75, 3.05) is 13.2 Å². The molecular formula is C72H126O17. The summed E-state index contributed by atoms with van der Waals surface area (Å²) in [6.45, 7) is 35.0. The van der Waals surface area contributed by atoms with Crippen LogP contribution in [0.4, 0.5) is 0 Å². The molecule has 0 amide bonds. The summed E-state index contributed by atoms with van der Waals surface area (Å²) in [4.78, 5) is 0. The van der Waals surface area contributed by atoms with Crippen LogP contribution in [0.3, 0.4) is 0 Å². The molecule has 17 heteroatoms. The van der Waals surface area contributed by atoms with Crippen molar-refractivity contribution in [3.63, 3.8) is 0 Å². The van der Waals surface area contributed by atoms with E-state index < -0.39 is 98.0 Å². The Kier molecular flexibility index (Phi) is 21.5. The Morgan fingerprint density at radius 3 is 1.08 bits per heavy atom. The van der Waals surface area contributed by atoms with E-state index in [1.165, 1.54) is 11.1 Å². The maximum absolute atomic E-state index is 12.2. The molecule has 0 aromatic heterocycles. The SMILES string of the molecule is CC(C)=CCC[C@](C)(O[C@@H]1O[C@H](CO)[C@@H](O)[C@H](O)[C@H]1O)[C@H]1CC[C@]2(C)[C@@H]1[C@H](O)C[C@@H]1[C@@]3(C)CC[C@H](O)C(C)(C)[C@@H]3CC[C@]12C.CC(C)=CCC[C@](C)(O[C@@H]1O[C@H](CO)[C@@H](O)[C@H](O)[C@H]1O)[C@H]1CC[C@]2(C)[C@@H]1[C@H](O)C[C@@H]1[C@@]3(C)CC[C@H](O)C(C)(C)[C@@H]3CC[C@]12C.O. The summed E-state index contributed by atoms with van der Waals surface area (Å²) in [5, 5.41) is 130. The van der Waals surface area contributed by atoms with Gasteiger partial charge >= 0.3 is 0 Å². The Morgan fingerprint density at radius 1 is 0.438 bits per heavy atom. The highest BCUT2D eigenvalue weighted by atomic mass is 16.7. The van der Waals surface area contributed by atoms with Crippen LogP contribution in [0.5, 0.6) is 0 Å². The lowest BCUT2D eigenvalue weighted by atomic mass is 9.35. The average Bonchev–Trinajstić information content (AvgIpc) is 1.68. The number of aliphatic hydroxyl groups is 12. The van der Waals surface area contributed by atoms with Crippen LogP contribution in [-0.2, 0) is 18.9 Å². The van der Waals surface area contributed by atoms with Crippen molar-refractivity contribution in [3.05, 3.63) is 23.3 Å². The number of hydrogen-bond acceptors (Lipinski definition) is 16. The Balaban J connectivity index is 0.000000228. The average molecular weight is 1260 g/mol. The summed E-state index contributed by atoms with van der Waals surface area (Å²) in [5.74, 6) is 1.43. The topological polar surface area (TPSA) is 311 Å². The molecule has 516 valence electrons. The zero-order chi connectivity index (χ0) is 65.2. The third-order valence-electron chi connectivity index (χ3n) is 29.2. The molecule has 0 radical (unpaired) electrons. The predicted molar refractivity (Wildman–Crippen MR) is 340 cm³/mol. The van der Waals surface area contributed by atoms with Gasteiger partial charge in [0, 0.05) is 0 Å². The van der Waals surface area contributed by atoms with Crippen molar-refractivity contribution in [2.24, 2.45) is 90.7 Å². The molecule has 89 heavy (non-hydrogen) atoms. The van der Waals surface area contributed by atoms with Crippen LogP contribution in [0.15, 0.2) is 23.3 Å². The molecule has 17 nitrogen and oxygen atoms in total. The summed E-state index contributed by atoms with van der Waals surface area (Å²) in [6, 6.07) is 0. The van der Waals surface area contributed by atoms with Gasteiger partial charge in [0.2, 0.25) is 0 Å². The lowest BCUT2D eigenvalue weighted by Crippen LogP contribution is -2.67. The maximum atomic E-state index is 12.2. The Morgan fingerprint density at radius 2 is 0.764 bits per heavy atom. The van der Waals surface area contributed by atoms with Gasteiger partial charge in [0.1, 0.15) is 48.8 Å². The van der Waals surface area contributed by atoms with Crippen molar-refractivity contribution in [3.8, 4) is 0 Å². The van der Waals surface area contributed by atoms with Gasteiger partial charge in [-0.1, -0.05) is 92.5 Å². The van der Waals surface area contributed by atoms with E-state index in [-0.39, 0.29) is 84.7 Å². The summed E-state index contributed by atoms with van der Waals surface area (Å²) in [5.41, 5.74) is 0.341. The normalized spacial score (nSPS) is 50.9. The molecule has 2 aliphatic heterocycles. The van der Waals surface area contributed by atoms with E-state index in [0.717, 1.165) is 103 Å². The van der Waals surface area contributed by atoms with Gasteiger partial charge in [0.25, 0.3) is 0 Å². The van der Waals surface area contributed by atoms with Crippen LogP contribution in [0.2, 0.25) is 0 Å². The lowest BCUT2D eigenvalue weighted by molar-refractivity contribution is -0.336. The second kappa shape index (κ2) is 26.0. The van der Waals surface area contributed by atoms with Crippen LogP contribution < -0.4 is 0 Å². The molecule has 2 saturated heterocycles. The molecule has 14 N–H and O–H groups in total. The van der Waals surface area contributed by atoms with Crippen LogP contribution in [-0.4, -0.2) is 177 Å². The summed E-state index contributed by atoms with van der Waals surface area (Å²) < 4.78 is 25.2. The molecule has 0 aromatic rings. The smallest absolute Gasteiger partial charge is 0.187 e. The first-order valence-corrected chi connectivity index (χ1v) is 34.7. The predicted octanol–water partition coefficient (Wildman–Crippen LogP) is 7.82. The fourth-order valence-electron chi connectivity index (χ4n) is 23.7. The number of rotatable bonds is 14. The summed E-state index contributed by atoms with van der Waals surface area (Å²) in [7, 11) is 0. The van der Waals surface area contributed by atoms with Gasteiger partial charge in [0.15, 0.2) is 12.6 Å². The first kappa shape index (κ1) is 73.6. The van der Waals surface area contributed by atoms with Gasteiger partial charge in [-0.3, -0.25) is 0 Å². The molecule has 10 fully saturated rings. The summed E-state index contributed by atoms with van der Waals surface area (Å²) >= 11 is 0. The van der Waals surface area contributed by atoms with Crippen molar-refractivity contribution in [1.82, 2.24) is 0 Å². The molecule has 0 spiro atoms. The zero-order valence-electron chi connectivity index (χ0n) is 57.5. The molecule has 0 bridgehead atoms. The van der Waals surface area contributed by atoms with E-state index in [1.807, 2.05) is 0 Å². The zero-order valence-corrected chi connectivity index (χ0v) is 57.5. The van der Waals surface area contributed by atoms with E-state index in [2.05, 4.69) is 123 Å². The molecule has 2 heterocycles. The third kappa shape index (κ3) is 11.9. The third-order valence-corrected chi connectivity index (χ3v) is 29.2. The number of ether oxygens (including phenoxy) is 4. The van der Waals surface area contributed by atoms with Crippen molar-refractivity contribution < 1.29 is 85.7 Å². The molecule has 0 aromatic carbocycles. The minimum atomic E-state index is -1.50. The van der Waals surface area contributed by atoms with Gasteiger partial charge in [-0.2, -0.15) is 0 Å². The van der Waals surface area contributed by atoms with E-state index >= 15 is 0 Å². The Bertz CT molecular complexity index is 2310. The van der Waals surface area contributed by atoms with Crippen LogP contribution in [0.1, 0.15) is 226 Å². The molecule has 8 saturated carbocycles. The van der Waals surface area contributed by atoms with Crippen LogP contribution in [0.25, 0.3) is 0 Å². The maximum Gasteiger partial charge on any atom is 0.187 e. The van der Waals surface area contributed by atoms with Crippen LogP contribution >= 0.6 is 0 Å². The number of aliphatic hydroxyl groups excluding tert-OH is 12. The van der Waals surface area contributed by atoms with Gasteiger partial charge in [-0.25, -0.2) is 0 Å². The molecule has 10 aliphatic rings. The largest absolute Gasteiger partial charge is 0.412 e. The quantitative estimate of drug-likeness (QED) is 0.0738. The van der Waals surface area contributed by atoms with Gasteiger partial charge in [0.05, 0.1) is 48.8 Å². The van der Waals surface area contributed by atoms with Gasteiger partial charge in [-0.05, 0) is 248 Å². The van der Waals surface area contributed by atoms with E-state index in [0.29, 0.717) is 36.5 Å². The second-order valence-corrected chi connectivity index (χ2v) is 34.6. The second-order valence-electron chi connectivity index (χ2n) is 34.6. The lowest BCUT2D eigenvalue weighted by Gasteiger charge is -2.70. The summed E-state index contributed by atoms with van der Waals surface area (Å²) in [6.07, 6.45) is 5.21. The Hall–Kier alpha value is -1.20. The van der Waals surface area contributed by atoms with E-state index in [4.69, 9.17) is 18.9 Å². The monoisotopic (exact) mass is 1260 g/mol. The first-order valence-electron chi connectivity index (χ1n) is 34.7. The van der Waals surface area contributed by atoms with Crippen LogP contribution in [0, 0.1) is 90.7 Å². The van der Waals surface area contributed by atoms with Crippen molar-refractivity contribution in [2.45, 2.75) is 323 Å². The molecule has 10 rings (SSSR count). The number of fused-ring (bicyclic) bond motifs is 10. The minimum Gasteiger partial charge on any atom is -0.412 e. The Labute approximate surface area is 534 Å². The van der Waals surface area contributed by atoms with Gasteiger partial charge in [-0.15, -0.1) is 0 Å². The highest BCUT2D eigenvalue weighted by Crippen LogP contribution is 2.78. The molecule has 8 aliphatic carbocycles. The highest BCUT2D eigenvalue weighted by Gasteiger charge is 2.74. The number of allylic oxidation sites excluding steroid dienone is 4. The molecule has 0 unspecified atom stereocenters. The first-order chi connectivity index (χ1) is 40.7. The molecular weight excluding hydrogens is 1140 g/mol. The molecule has 30 atom stereocenters. The standard InChI is InChI=1S/2C36H62O8.H2O/c2*1-20(2)10-9-14-36(8,44-31-30(42)29(41)28(40)23(19-37)43-31)21-11-16-35(7)27(21)22(38)18-25-33(5)15-13-26(39)32(3,4)24(33)12-17-34(25,35)6;/h2*10,21-31,37-42H,9,11-19H2,1-8H3;1H2/t2*21-,22+,23+,24-,25+,26-,27-,28+,29-,30+,31-,33-,34+,35+,36-;/m00./s1.